The van der Waals surface area contributed by atoms with Crippen LogP contribution in [0, 0.1) is 25.2 Å². The summed E-state index contributed by atoms with van der Waals surface area (Å²) in [5, 5.41) is 20.2. The maximum Gasteiger partial charge on any atom is 0.409 e. The maximum atomic E-state index is 15.4. The predicted octanol–water partition coefficient (Wildman–Crippen LogP) is 4.37. The number of nitriles is 1. The Morgan fingerprint density at radius 3 is 2.31 bits per heavy atom. The number of carboxylic acid groups (broad SMARTS) is 1. The molecule has 0 radical (unpaired) electrons. The topological polar surface area (TPSA) is 93.4 Å². The first-order valence-corrected chi connectivity index (χ1v) is 9.33. The number of amides is 2. The first-order chi connectivity index (χ1) is 13.7. The maximum absolute atomic E-state index is 15.4. The zero-order chi connectivity index (χ0) is 21.2. The van der Waals surface area contributed by atoms with E-state index in [1.165, 1.54) is 0 Å². The van der Waals surface area contributed by atoms with E-state index in [1.807, 2.05) is 6.07 Å². The molecule has 1 heterocycles. The molecule has 3 rings (SSSR count). The second-order valence-corrected chi connectivity index (χ2v) is 7.36. The van der Waals surface area contributed by atoms with Gasteiger partial charge in [-0.3, -0.25) is 10.1 Å². The summed E-state index contributed by atoms with van der Waals surface area (Å²) in [5.74, 6) is -0.238. The van der Waals surface area contributed by atoms with Crippen LogP contribution < -0.4 is 5.32 Å². The standard InChI is InChI=1S/C22H22FN3O3/c1-14-11-15(2)19(25-21(28)29)12-18(14)20(27)26-9-7-22(23,8-10-26)17-5-3-16(13-24)4-6-17/h3-6,11-12,25H,7-10H2,1-2H3,(H,28,29). The van der Waals surface area contributed by atoms with E-state index in [4.69, 9.17) is 10.4 Å². The minimum atomic E-state index is -1.54. The Hall–Kier alpha value is -3.40. The van der Waals surface area contributed by atoms with E-state index in [0.717, 1.165) is 11.1 Å². The fourth-order valence-electron chi connectivity index (χ4n) is 3.70. The van der Waals surface area contributed by atoms with Crippen LogP contribution >= 0.6 is 0 Å². The summed E-state index contributed by atoms with van der Waals surface area (Å²) < 4.78 is 15.4. The highest BCUT2D eigenvalue weighted by Crippen LogP contribution is 2.37. The van der Waals surface area contributed by atoms with Crippen LogP contribution in [0.4, 0.5) is 14.9 Å². The smallest absolute Gasteiger partial charge is 0.409 e. The highest BCUT2D eigenvalue weighted by Gasteiger charge is 2.38. The molecule has 0 saturated carbocycles. The summed E-state index contributed by atoms with van der Waals surface area (Å²) in [6.45, 7) is 4.07. The quantitative estimate of drug-likeness (QED) is 0.807. The molecule has 0 atom stereocenters. The fourth-order valence-corrected chi connectivity index (χ4v) is 3.70. The number of anilines is 1. The number of halogens is 1. The number of rotatable bonds is 3. The highest BCUT2D eigenvalue weighted by atomic mass is 19.1. The van der Waals surface area contributed by atoms with Gasteiger partial charge >= 0.3 is 6.09 Å². The molecule has 29 heavy (non-hydrogen) atoms. The van der Waals surface area contributed by atoms with Crippen LogP contribution in [0.5, 0.6) is 0 Å². The summed E-state index contributed by atoms with van der Waals surface area (Å²) in [7, 11) is 0. The van der Waals surface area contributed by atoms with Gasteiger partial charge in [0.05, 0.1) is 11.6 Å². The van der Waals surface area contributed by atoms with Crippen molar-refractivity contribution in [1.29, 1.82) is 5.26 Å². The van der Waals surface area contributed by atoms with Gasteiger partial charge in [0.25, 0.3) is 5.91 Å². The molecule has 2 N–H and O–H groups in total. The van der Waals surface area contributed by atoms with E-state index < -0.39 is 11.8 Å². The molecule has 2 aromatic rings. The second kappa shape index (κ2) is 7.92. The zero-order valence-electron chi connectivity index (χ0n) is 16.3. The van der Waals surface area contributed by atoms with Crippen LogP contribution in [0.25, 0.3) is 0 Å². The SMILES string of the molecule is Cc1cc(C)c(C(=O)N2CCC(F)(c3ccc(C#N)cc3)CC2)cc1NC(=O)O. The number of piperidine rings is 1. The normalized spacial score (nSPS) is 15.4. The van der Waals surface area contributed by atoms with E-state index in [2.05, 4.69) is 5.32 Å². The number of carbonyl (C=O) groups is 2. The lowest BCUT2D eigenvalue weighted by Gasteiger charge is -2.37. The molecule has 0 aromatic heterocycles. The van der Waals surface area contributed by atoms with Gasteiger partial charge in [-0.25, -0.2) is 9.18 Å². The molecule has 0 unspecified atom stereocenters. The third-order valence-corrected chi connectivity index (χ3v) is 5.42. The summed E-state index contributed by atoms with van der Waals surface area (Å²) in [6, 6.07) is 11.8. The van der Waals surface area contributed by atoms with Gasteiger partial charge in [-0.1, -0.05) is 18.2 Å². The van der Waals surface area contributed by atoms with Crippen molar-refractivity contribution >= 4 is 17.7 Å². The summed E-state index contributed by atoms with van der Waals surface area (Å²) in [5.41, 5.74) is 1.69. The van der Waals surface area contributed by atoms with Crippen molar-refractivity contribution in [2.24, 2.45) is 0 Å². The van der Waals surface area contributed by atoms with Gasteiger partial charge in [0, 0.05) is 37.2 Å². The molecule has 1 fully saturated rings. The molecule has 7 heteroatoms. The van der Waals surface area contributed by atoms with Crippen molar-refractivity contribution in [2.75, 3.05) is 18.4 Å². The largest absolute Gasteiger partial charge is 0.465 e. The molecule has 1 saturated heterocycles. The Balaban J connectivity index is 1.76. The number of benzene rings is 2. The molecule has 150 valence electrons. The van der Waals surface area contributed by atoms with Crippen molar-refractivity contribution in [3.05, 3.63) is 64.2 Å². The first kappa shape index (κ1) is 20.3. The monoisotopic (exact) mass is 395 g/mol. The van der Waals surface area contributed by atoms with Crippen molar-refractivity contribution in [3.63, 3.8) is 0 Å². The number of alkyl halides is 1. The third kappa shape index (κ3) is 4.21. The lowest BCUT2D eigenvalue weighted by Crippen LogP contribution is -2.43. The van der Waals surface area contributed by atoms with Crippen LogP contribution in [-0.4, -0.2) is 35.1 Å². The number of likely N-dealkylation sites (tertiary alicyclic amines) is 1. The molecule has 0 spiro atoms. The Labute approximate surface area is 168 Å². The average molecular weight is 395 g/mol. The van der Waals surface area contributed by atoms with Crippen molar-refractivity contribution in [2.45, 2.75) is 32.4 Å². The van der Waals surface area contributed by atoms with Crippen LogP contribution in [0.1, 0.15) is 45.5 Å². The highest BCUT2D eigenvalue weighted by molar-refractivity contribution is 5.98. The molecular formula is C22H22FN3O3. The minimum Gasteiger partial charge on any atom is -0.465 e. The lowest BCUT2D eigenvalue weighted by molar-refractivity contribution is 0.0421. The third-order valence-electron chi connectivity index (χ3n) is 5.42. The van der Waals surface area contributed by atoms with Gasteiger partial charge in [0.15, 0.2) is 0 Å². The average Bonchev–Trinajstić information content (AvgIpc) is 2.70. The van der Waals surface area contributed by atoms with E-state index >= 15 is 4.39 Å². The number of aryl methyl sites for hydroxylation is 2. The van der Waals surface area contributed by atoms with E-state index in [-0.39, 0.29) is 31.8 Å². The second-order valence-electron chi connectivity index (χ2n) is 7.36. The number of hydrogen-bond donors (Lipinski definition) is 2. The van der Waals surface area contributed by atoms with Crippen LogP contribution in [0.15, 0.2) is 36.4 Å². The summed E-state index contributed by atoms with van der Waals surface area (Å²) in [6.07, 6.45) is -0.871. The van der Waals surface area contributed by atoms with Gasteiger partial charge in [0.1, 0.15) is 5.67 Å². The molecule has 2 aromatic carbocycles. The van der Waals surface area contributed by atoms with E-state index in [0.29, 0.717) is 22.4 Å². The molecule has 1 aliphatic heterocycles. The van der Waals surface area contributed by atoms with E-state index in [1.54, 1.807) is 55.1 Å². The van der Waals surface area contributed by atoms with Crippen LogP contribution in [-0.2, 0) is 5.67 Å². The summed E-state index contributed by atoms with van der Waals surface area (Å²) in [4.78, 5) is 25.6. The zero-order valence-corrected chi connectivity index (χ0v) is 16.3. The molecule has 2 amide bonds. The van der Waals surface area contributed by atoms with Crippen LogP contribution in [0.3, 0.4) is 0 Å². The van der Waals surface area contributed by atoms with E-state index in [9.17, 15) is 9.59 Å². The fraction of sp³-hybridized carbons (Fsp3) is 0.318. The Morgan fingerprint density at radius 1 is 1.14 bits per heavy atom. The Morgan fingerprint density at radius 2 is 1.76 bits per heavy atom. The Kier molecular flexibility index (Phi) is 5.55. The van der Waals surface area contributed by atoms with Gasteiger partial charge < -0.3 is 10.0 Å². The number of nitrogens with one attached hydrogen (secondary N) is 1. The molecule has 0 bridgehead atoms. The molecule has 6 nitrogen and oxygen atoms in total. The number of carbonyl (C=O) groups excluding carboxylic acids is 1. The molecule has 0 aliphatic carbocycles. The van der Waals surface area contributed by atoms with Crippen molar-refractivity contribution in [1.82, 2.24) is 4.90 Å². The number of hydrogen-bond acceptors (Lipinski definition) is 3. The summed E-state index contributed by atoms with van der Waals surface area (Å²) >= 11 is 0. The van der Waals surface area contributed by atoms with Crippen molar-refractivity contribution < 1.29 is 19.1 Å². The minimum absolute atomic E-state index is 0.162. The first-order valence-electron chi connectivity index (χ1n) is 9.33. The number of nitrogens with zero attached hydrogens (tertiary/aromatic N) is 2. The van der Waals surface area contributed by atoms with Gasteiger partial charge in [-0.2, -0.15) is 5.26 Å². The van der Waals surface area contributed by atoms with Gasteiger partial charge in [-0.15, -0.1) is 0 Å². The molecular weight excluding hydrogens is 373 g/mol. The van der Waals surface area contributed by atoms with Gasteiger partial charge in [-0.05, 0) is 48.7 Å². The van der Waals surface area contributed by atoms with Crippen LogP contribution in [0.2, 0.25) is 0 Å². The van der Waals surface area contributed by atoms with Crippen molar-refractivity contribution in [3.8, 4) is 6.07 Å². The lowest BCUT2D eigenvalue weighted by atomic mass is 9.85. The predicted molar refractivity (Wildman–Crippen MR) is 107 cm³/mol. The van der Waals surface area contributed by atoms with Gasteiger partial charge in [0.2, 0.25) is 0 Å². The molecule has 1 aliphatic rings. The Bertz CT molecular complexity index is 988.